The van der Waals surface area contributed by atoms with Crippen LogP contribution in [0, 0.1) is 13.8 Å². The number of ether oxygens (including phenoxy) is 1. The molecule has 0 spiro atoms. The Labute approximate surface area is 173 Å². The summed E-state index contributed by atoms with van der Waals surface area (Å²) in [4.78, 5) is 48.2. The number of nitrogens with one attached hydrogen (secondary N) is 1. The van der Waals surface area contributed by atoms with Gasteiger partial charge in [-0.1, -0.05) is 11.8 Å². The van der Waals surface area contributed by atoms with E-state index in [2.05, 4.69) is 16.8 Å². The number of aryl methyl sites for hydroxylation is 1. The van der Waals surface area contributed by atoms with Crippen LogP contribution >= 0.6 is 11.8 Å². The van der Waals surface area contributed by atoms with Crippen LogP contribution in [0.3, 0.4) is 0 Å². The minimum Gasteiger partial charge on any atom is -0.449 e. The third kappa shape index (κ3) is 5.09. The maximum atomic E-state index is 12.1. The number of hydrogen-bond donors (Lipinski definition) is 1. The largest absolute Gasteiger partial charge is 0.449 e. The van der Waals surface area contributed by atoms with Crippen molar-refractivity contribution in [3.8, 4) is 0 Å². The van der Waals surface area contributed by atoms with Gasteiger partial charge in [-0.2, -0.15) is 0 Å². The van der Waals surface area contributed by atoms with E-state index in [0.29, 0.717) is 6.04 Å². The molecule has 0 radical (unpaired) electrons. The molecule has 156 valence electrons. The van der Waals surface area contributed by atoms with E-state index in [-0.39, 0.29) is 30.0 Å². The number of aromatic nitrogens is 1. The van der Waals surface area contributed by atoms with Gasteiger partial charge in [0.25, 0.3) is 11.1 Å². The van der Waals surface area contributed by atoms with Crippen LogP contribution in [0.15, 0.2) is 12.1 Å². The number of rotatable bonds is 8. The van der Waals surface area contributed by atoms with Crippen LogP contribution in [0.5, 0.6) is 0 Å². The zero-order valence-electron chi connectivity index (χ0n) is 16.8. The normalized spacial score (nSPS) is 17.8. The summed E-state index contributed by atoms with van der Waals surface area (Å²) in [6.07, 6.45) is 4.42. The van der Waals surface area contributed by atoms with Crippen molar-refractivity contribution in [3.05, 3.63) is 29.1 Å². The van der Waals surface area contributed by atoms with E-state index in [4.69, 9.17) is 4.74 Å². The van der Waals surface area contributed by atoms with Gasteiger partial charge in [0.15, 0.2) is 6.10 Å². The molecule has 1 atom stereocenters. The Morgan fingerprint density at radius 2 is 2.07 bits per heavy atom. The van der Waals surface area contributed by atoms with Crippen LogP contribution in [0.25, 0.3) is 6.08 Å². The van der Waals surface area contributed by atoms with Gasteiger partial charge in [0.05, 0.1) is 5.75 Å². The summed E-state index contributed by atoms with van der Waals surface area (Å²) in [7, 11) is 0. The number of thioether (sulfide) groups is 1. The molecular formula is C20H25N3O5S. The van der Waals surface area contributed by atoms with Crippen molar-refractivity contribution < 1.29 is 23.9 Å². The highest BCUT2D eigenvalue weighted by molar-refractivity contribution is 8.14. The quantitative estimate of drug-likeness (QED) is 0.512. The van der Waals surface area contributed by atoms with E-state index in [9.17, 15) is 19.2 Å². The number of carbonyl (C=O) groups is 4. The van der Waals surface area contributed by atoms with E-state index < -0.39 is 18.0 Å². The van der Waals surface area contributed by atoms with Crippen LogP contribution in [-0.4, -0.2) is 57.4 Å². The first-order chi connectivity index (χ1) is 13.8. The highest BCUT2D eigenvalue weighted by atomic mass is 32.2. The molecule has 2 aliphatic rings. The van der Waals surface area contributed by atoms with Crippen LogP contribution in [-0.2, 0) is 19.1 Å². The van der Waals surface area contributed by atoms with Crippen LogP contribution in [0.2, 0.25) is 0 Å². The molecule has 1 saturated carbocycles. The van der Waals surface area contributed by atoms with Crippen LogP contribution in [0.1, 0.15) is 42.8 Å². The van der Waals surface area contributed by atoms with Gasteiger partial charge >= 0.3 is 5.97 Å². The molecule has 1 saturated heterocycles. The number of hydrogen-bond acceptors (Lipinski definition) is 6. The molecule has 2 fully saturated rings. The summed E-state index contributed by atoms with van der Waals surface area (Å²) in [5, 5.41) is 2.26. The molecule has 3 rings (SSSR count). The molecule has 0 aromatic carbocycles. The van der Waals surface area contributed by atoms with E-state index in [0.717, 1.165) is 27.9 Å². The molecule has 0 bridgehead atoms. The van der Waals surface area contributed by atoms with Gasteiger partial charge in [0.2, 0.25) is 5.91 Å². The fraction of sp³-hybridized carbons (Fsp3) is 0.500. The van der Waals surface area contributed by atoms with Crippen molar-refractivity contribution >= 4 is 40.9 Å². The Morgan fingerprint density at radius 3 is 2.69 bits per heavy atom. The van der Waals surface area contributed by atoms with Crippen molar-refractivity contribution in [2.24, 2.45) is 0 Å². The van der Waals surface area contributed by atoms with Gasteiger partial charge in [-0.3, -0.25) is 19.3 Å². The summed E-state index contributed by atoms with van der Waals surface area (Å²) >= 11 is 0.945. The van der Waals surface area contributed by atoms with Gasteiger partial charge in [-0.15, -0.1) is 0 Å². The van der Waals surface area contributed by atoms with Crippen molar-refractivity contribution in [1.29, 1.82) is 0 Å². The van der Waals surface area contributed by atoms with Gasteiger partial charge in [0, 0.05) is 36.6 Å². The number of carbonyl (C=O) groups excluding carboxylic acids is 4. The smallest absolute Gasteiger partial charge is 0.331 e. The zero-order chi connectivity index (χ0) is 21.1. The third-order valence-corrected chi connectivity index (χ3v) is 5.83. The Hall–Kier alpha value is -2.55. The van der Waals surface area contributed by atoms with Gasteiger partial charge in [-0.25, -0.2) is 4.79 Å². The lowest BCUT2D eigenvalue weighted by Gasteiger charge is -2.15. The Bertz CT molecular complexity index is 856. The molecule has 2 heterocycles. The first-order valence-corrected chi connectivity index (χ1v) is 10.6. The van der Waals surface area contributed by atoms with E-state index in [1.807, 2.05) is 13.0 Å². The van der Waals surface area contributed by atoms with Crippen molar-refractivity contribution in [1.82, 2.24) is 14.8 Å². The molecule has 1 aromatic heterocycles. The monoisotopic (exact) mass is 419 g/mol. The highest BCUT2D eigenvalue weighted by Gasteiger charge is 2.29. The average Bonchev–Trinajstić information content (AvgIpc) is 3.39. The molecular weight excluding hydrogens is 394 g/mol. The second kappa shape index (κ2) is 8.86. The first-order valence-electron chi connectivity index (χ1n) is 9.60. The minimum atomic E-state index is -0.981. The second-order valence-electron chi connectivity index (χ2n) is 7.23. The van der Waals surface area contributed by atoms with Crippen molar-refractivity contribution in [2.45, 2.75) is 45.8 Å². The molecule has 3 amide bonds. The second-order valence-corrected chi connectivity index (χ2v) is 8.16. The molecule has 1 N–H and O–H groups in total. The summed E-state index contributed by atoms with van der Waals surface area (Å²) in [6.45, 7) is 5.77. The number of esters is 1. The Kier molecular flexibility index (Phi) is 6.46. The van der Waals surface area contributed by atoms with Gasteiger partial charge in [0.1, 0.15) is 0 Å². The topological polar surface area (TPSA) is 97.7 Å². The van der Waals surface area contributed by atoms with E-state index >= 15 is 0 Å². The molecule has 1 aromatic rings. The Balaban J connectivity index is 1.45. The number of imide groups is 1. The summed E-state index contributed by atoms with van der Waals surface area (Å²) < 4.78 is 7.43. The predicted octanol–water partition coefficient (Wildman–Crippen LogP) is 2.20. The maximum absolute atomic E-state index is 12.1. The third-order valence-electron chi connectivity index (χ3n) is 4.97. The summed E-state index contributed by atoms with van der Waals surface area (Å²) in [5.74, 6) is -1.22. The summed E-state index contributed by atoms with van der Waals surface area (Å²) in [6, 6.07) is 2.60. The fourth-order valence-corrected chi connectivity index (χ4v) is 4.07. The summed E-state index contributed by atoms with van der Waals surface area (Å²) in [5.41, 5.74) is 3.24. The van der Waals surface area contributed by atoms with E-state index in [1.165, 1.54) is 31.5 Å². The molecule has 1 aliphatic carbocycles. The maximum Gasteiger partial charge on any atom is 0.331 e. The number of nitrogens with zero attached hydrogens (tertiary/aromatic N) is 2. The molecule has 1 aliphatic heterocycles. The van der Waals surface area contributed by atoms with Crippen molar-refractivity contribution in [3.63, 3.8) is 0 Å². The van der Waals surface area contributed by atoms with Crippen LogP contribution in [0.4, 0.5) is 4.79 Å². The lowest BCUT2D eigenvalue weighted by Crippen LogP contribution is -2.41. The van der Waals surface area contributed by atoms with Gasteiger partial charge < -0.3 is 14.6 Å². The average molecular weight is 420 g/mol. The highest BCUT2D eigenvalue weighted by Crippen LogP contribution is 2.38. The van der Waals surface area contributed by atoms with Crippen LogP contribution < -0.4 is 5.32 Å². The lowest BCUT2D eigenvalue weighted by atomic mass is 10.2. The number of amides is 3. The Morgan fingerprint density at radius 1 is 1.34 bits per heavy atom. The lowest BCUT2D eigenvalue weighted by molar-refractivity contribution is -0.150. The molecule has 8 nitrogen and oxygen atoms in total. The van der Waals surface area contributed by atoms with E-state index in [1.54, 1.807) is 6.08 Å². The molecule has 29 heavy (non-hydrogen) atoms. The fourth-order valence-electron chi connectivity index (χ4n) is 3.32. The SMILES string of the molecule is Cc1cc(/C=C/C(=O)O[C@H](C)C(=O)NCCN2C(=O)CSC2=O)c(C)n1C1CC1. The van der Waals surface area contributed by atoms with Gasteiger partial charge in [-0.05, 0) is 51.3 Å². The van der Waals surface area contributed by atoms with Crippen molar-refractivity contribution in [2.75, 3.05) is 18.8 Å². The predicted molar refractivity (Wildman–Crippen MR) is 109 cm³/mol. The minimum absolute atomic E-state index is 0.105. The molecule has 0 unspecified atom stereocenters. The molecule has 9 heteroatoms. The standard InChI is InChI=1S/C20H25N3O5S/c1-12-10-15(13(2)23(12)16-5-6-16)4-7-18(25)28-14(3)19(26)21-8-9-22-17(24)11-29-20(22)27/h4,7,10,14,16H,5-6,8-9,11H2,1-3H3,(H,21,26)/b7-4+/t14-/m1/s1. The zero-order valence-corrected chi connectivity index (χ0v) is 17.6. The first kappa shape index (κ1) is 21.2.